The van der Waals surface area contributed by atoms with Gasteiger partial charge in [-0.15, -0.1) is 21.8 Å². The number of benzene rings is 1. The molecule has 1 fully saturated rings. The fourth-order valence-corrected chi connectivity index (χ4v) is 2.38. The molecule has 0 bridgehead atoms. The van der Waals surface area contributed by atoms with E-state index in [4.69, 9.17) is 11.6 Å². The lowest BCUT2D eigenvalue weighted by Crippen LogP contribution is -2.09. The van der Waals surface area contributed by atoms with Crippen molar-refractivity contribution in [3.63, 3.8) is 0 Å². The minimum absolute atomic E-state index is 0.384. The molecule has 0 saturated heterocycles. The summed E-state index contributed by atoms with van der Waals surface area (Å²) in [4.78, 5) is 2.08. The first kappa shape index (κ1) is 12.5. The van der Waals surface area contributed by atoms with Crippen LogP contribution in [0.5, 0.6) is 0 Å². The summed E-state index contributed by atoms with van der Waals surface area (Å²) in [5.41, 5.74) is 2.27. The van der Waals surface area contributed by atoms with Gasteiger partial charge in [-0.3, -0.25) is 4.57 Å². The van der Waals surface area contributed by atoms with Crippen LogP contribution in [0.4, 0.5) is 5.69 Å². The molecule has 1 aliphatic carbocycles. The van der Waals surface area contributed by atoms with E-state index < -0.39 is 0 Å². The van der Waals surface area contributed by atoms with Gasteiger partial charge >= 0.3 is 0 Å². The first-order valence-corrected chi connectivity index (χ1v) is 7.02. The number of halogens is 1. The van der Waals surface area contributed by atoms with Crippen LogP contribution >= 0.6 is 11.6 Å². The second-order valence-corrected chi connectivity index (χ2v) is 5.40. The molecule has 1 saturated carbocycles. The van der Waals surface area contributed by atoms with Crippen LogP contribution in [-0.4, -0.2) is 28.9 Å². The standard InChI is InChI=1S/C14H17ClN4/c1-18(2)11-5-7-12(8-6-11)19-13(9-15)16-17-14(19)10-3-4-10/h5-8,10H,3-4,9H2,1-2H3. The molecule has 5 heteroatoms. The van der Waals surface area contributed by atoms with Crippen molar-refractivity contribution in [3.05, 3.63) is 35.9 Å². The van der Waals surface area contributed by atoms with Crippen molar-refractivity contribution < 1.29 is 0 Å². The van der Waals surface area contributed by atoms with Crippen molar-refractivity contribution in [2.45, 2.75) is 24.6 Å². The Morgan fingerprint density at radius 3 is 2.42 bits per heavy atom. The van der Waals surface area contributed by atoms with Crippen molar-refractivity contribution in [2.24, 2.45) is 0 Å². The third kappa shape index (κ3) is 2.32. The number of nitrogens with zero attached hydrogens (tertiary/aromatic N) is 4. The van der Waals surface area contributed by atoms with E-state index >= 15 is 0 Å². The molecule has 0 atom stereocenters. The molecule has 2 aromatic rings. The van der Waals surface area contributed by atoms with E-state index in [0.29, 0.717) is 11.8 Å². The van der Waals surface area contributed by atoms with Gasteiger partial charge in [-0.25, -0.2) is 0 Å². The topological polar surface area (TPSA) is 34.0 Å². The van der Waals surface area contributed by atoms with E-state index in [0.717, 1.165) is 17.3 Å². The Morgan fingerprint density at radius 2 is 1.89 bits per heavy atom. The third-order valence-electron chi connectivity index (χ3n) is 3.44. The zero-order valence-electron chi connectivity index (χ0n) is 11.2. The molecular formula is C14H17ClN4. The lowest BCUT2D eigenvalue weighted by atomic mass is 10.2. The summed E-state index contributed by atoms with van der Waals surface area (Å²) in [5.74, 6) is 2.81. The highest BCUT2D eigenvalue weighted by molar-refractivity contribution is 6.16. The summed E-state index contributed by atoms with van der Waals surface area (Å²) in [6.07, 6.45) is 2.41. The zero-order chi connectivity index (χ0) is 13.4. The minimum atomic E-state index is 0.384. The van der Waals surface area contributed by atoms with E-state index in [-0.39, 0.29) is 0 Å². The highest BCUT2D eigenvalue weighted by atomic mass is 35.5. The van der Waals surface area contributed by atoms with Crippen LogP contribution in [0.3, 0.4) is 0 Å². The first-order chi connectivity index (χ1) is 9.20. The Morgan fingerprint density at radius 1 is 1.21 bits per heavy atom. The lowest BCUT2D eigenvalue weighted by Gasteiger charge is -2.14. The molecule has 1 aliphatic rings. The Balaban J connectivity index is 2.02. The lowest BCUT2D eigenvalue weighted by molar-refractivity contribution is 0.857. The molecule has 3 rings (SSSR count). The van der Waals surface area contributed by atoms with Crippen molar-refractivity contribution in [1.82, 2.24) is 14.8 Å². The highest BCUT2D eigenvalue weighted by Crippen LogP contribution is 2.40. The van der Waals surface area contributed by atoms with Crippen LogP contribution in [0.15, 0.2) is 24.3 Å². The van der Waals surface area contributed by atoms with E-state index in [2.05, 4.69) is 43.9 Å². The maximum Gasteiger partial charge on any atom is 0.152 e. The van der Waals surface area contributed by atoms with Crippen molar-refractivity contribution >= 4 is 17.3 Å². The number of alkyl halides is 1. The van der Waals surface area contributed by atoms with E-state index in [1.165, 1.54) is 18.5 Å². The van der Waals surface area contributed by atoms with Gasteiger partial charge < -0.3 is 4.90 Å². The smallest absolute Gasteiger partial charge is 0.152 e. The number of anilines is 1. The summed E-state index contributed by atoms with van der Waals surface area (Å²) in [6.45, 7) is 0. The van der Waals surface area contributed by atoms with Gasteiger partial charge in [0.2, 0.25) is 0 Å². The van der Waals surface area contributed by atoms with Crippen molar-refractivity contribution in [1.29, 1.82) is 0 Å². The molecule has 0 N–H and O–H groups in total. The minimum Gasteiger partial charge on any atom is -0.378 e. The summed E-state index contributed by atoms with van der Waals surface area (Å²) in [6, 6.07) is 8.40. The number of rotatable bonds is 4. The molecule has 0 radical (unpaired) electrons. The average Bonchev–Trinajstić information content (AvgIpc) is 3.18. The monoisotopic (exact) mass is 276 g/mol. The SMILES string of the molecule is CN(C)c1ccc(-n2c(CCl)nnc2C2CC2)cc1. The molecule has 1 aromatic carbocycles. The molecular weight excluding hydrogens is 260 g/mol. The number of hydrogen-bond donors (Lipinski definition) is 0. The Hall–Kier alpha value is -1.55. The maximum atomic E-state index is 5.97. The summed E-state index contributed by atoms with van der Waals surface area (Å²) >= 11 is 5.97. The molecule has 0 aliphatic heterocycles. The van der Waals surface area contributed by atoms with Crippen LogP contribution in [0.1, 0.15) is 30.4 Å². The first-order valence-electron chi connectivity index (χ1n) is 6.48. The van der Waals surface area contributed by atoms with E-state index in [1.807, 2.05) is 14.1 Å². The molecule has 0 amide bonds. The summed E-state index contributed by atoms with van der Waals surface area (Å²) < 4.78 is 2.10. The molecule has 1 aromatic heterocycles. The fraction of sp³-hybridized carbons (Fsp3) is 0.429. The Bertz CT molecular complexity index is 570. The number of aromatic nitrogens is 3. The summed E-state index contributed by atoms with van der Waals surface area (Å²) in [5, 5.41) is 8.50. The van der Waals surface area contributed by atoms with Crippen molar-refractivity contribution in [3.8, 4) is 5.69 Å². The van der Waals surface area contributed by atoms with Gasteiger partial charge in [-0.1, -0.05) is 0 Å². The second-order valence-electron chi connectivity index (χ2n) is 5.13. The zero-order valence-corrected chi connectivity index (χ0v) is 11.9. The third-order valence-corrected chi connectivity index (χ3v) is 3.68. The summed E-state index contributed by atoms with van der Waals surface area (Å²) in [7, 11) is 4.07. The van der Waals surface area contributed by atoms with Gasteiger partial charge in [-0.2, -0.15) is 0 Å². The van der Waals surface area contributed by atoms with Gasteiger partial charge in [0.1, 0.15) is 5.82 Å². The highest BCUT2D eigenvalue weighted by Gasteiger charge is 2.30. The molecule has 1 heterocycles. The average molecular weight is 277 g/mol. The van der Waals surface area contributed by atoms with Crippen LogP contribution < -0.4 is 4.90 Å². The largest absolute Gasteiger partial charge is 0.378 e. The molecule has 4 nitrogen and oxygen atoms in total. The maximum absolute atomic E-state index is 5.97. The van der Waals surface area contributed by atoms with Gasteiger partial charge in [0.05, 0.1) is 5.88 Å². The quantitative estimate of drug-likeness (QED) is 0.805. The molecule has 19 heavy (non-hydrogen) atoms. The van der Waals surface area contributed by atoms with Gasteiger partial charge in [0.15, 0.2) is 5.82 Å². The normalized spacial score (nSPS) is 14.7. The Kier molecular flexibility index (Phi) is 3.19. The van der Waals surface area contributed by atoms with E-state index in [1.54, 1.807) is 0 Å². The van der Waals surface area contributed by atoms with Gasteiger partial charge in [0, 0.05) is 31.4 Å². The van der Waals surface area contributed by atoms with Gasteiger partial charge in [0.25, 0.3) is 0 Å². The Labute approximate surface area is 118 Å². The fourth-order valence-electron chi connectivity index (χ4n) is 2.20. The predicted octanol–water partition coefficient (Wildman–Crippen LogP) is 2.95. The molecule has 0 unspecified atom stereocenters. The van der Waals surface area contributed by atoms with E-state index in [9.17, 15) is 0 Å². The van der Waals surface area contributed by atoms with Crippen LogP contribution in [0.2, 0.25) is 0 Å². The predicted molar refractivity (Wildman–Crippen MR) is 77.2 cm³/mol. The van der Waals surface area contributed by atoms with Crippen LogP contribution in [0, 0.1) is 0 Å². The van der Waals surface area contributed by atoms with Crippen LogP contribution in [0.25, 0.3) is 5.69 Å². The van der Waals surface area contributed by atoms with Gasteiger partial charge in [-0.05, 0) is 37.1 Å². The second kappa shape index (κ2) is 4.85. The molecule has 100 valence electrons. The van der Waals surface area contributed by atoms with Crippen LogP contribution in [-0.2, 0) is 5.88 Å². The van der Waals surface area contributed by atoms with Crippen molar-refractivity contribution in [2.75, 3.05) is 19.0 Å². The number of hydrogen-bond acceptors (Lipinski definition) is 3. The molecule has 0 spiro atoms.